The molecule has 0 saturated heterocycles. The minimum Gasteiger partial charge on any atom is -0.481 e. The number of carboxylic acid groups (broad SMARTS) is 1. The topological polar surface area (TPSA) is 63.3 Å². The molecule has 0 aromatic rings. The average Bonchev–Trinajstić information content (AvgIpc) is 2.02. The molecule has 0 fully saturated rings. The number of hydrogen-bond acceptors (Lipinski definition) is 2. The quantitative estimate of drug-likeness (QED) is 0.618. The Morgan fingerprint density at radius 3 is 2.62 bits per heavy atom. The molecule has 0 aliphatic carbocycles. The fourth-order valence-electron chi connectivity index (χ4n) is 1.44. The molecule has 3 nitrogen and oxygen atoms in total. The Kier molecular flexibility index (Phi) is 6.24. The normalized spacial score (nSPS) is 15.9. The third kappa shape index (κ3) is 6.34. The maximum Gasteiger partial charge on any atom is 0.303 e. The fourth-order valence-corrected chi connectivity index (χ4v) is 1.44. The predicted octanol–water partition coefficient (Wildman–Crippen LogP) is 1.64. The molecule has 0 unspecified atom stereocenters. The van der Waals surface area contributed by atoms with Crippen LogP contribution in [-0.4, -0.2) is 17.6 Å². The number of aliphatic carboxylic acids is 1. The largest absolute Gasteiger partial charge is 0.481 e. The van der Waals surface area contributed by atoms with Crippen molar-refractivity contribution in [2.24, 2.45) is 17.6 Å². The van der Waals surface area contributed by atoms with E-state index in [1.807, 2.05) is 13.0 Å². The minimum atomic E-state index is -0.761. The maximum atomic E-state index is 10.4. The van der Waals surface area contributed by atoms with Crippen LogP contribution >= 0.6 is 0 Å². The van der Waals surface area contributed by atoms with Crippen LogP contribution in [0.1, 0.15) is 26.7 Å². The fraction of sp³-hybridized carbons (Fsp3) is 0.700. The van der Waals surface area contributed by atoms with Gasteiger partial charge in [-0.05, 0) is 31.7 Å². The Balaban J connectivity index is 3.89. The zero-order chi connectivity index (χ0) is 10.3. The van der Waals surface area contributed by atoms with Gasteiger partial charge in [-0.3, -0.25) is 4.79 Å². The van der Waals surface area contributed by atoms with Crippen molar-refractivity contribution in [2.45, 2.75) is 26.7 Å². The van der Waals surface area contributed by atoms with Crippen molar-refractivity contribution in [3.63, 3.8) is 0 Å². The van der Waals surface area contributed by atoms with Gasteiger partial charge in [0.05, 0.1) is 0 Å². The van der Waals surface area contributed by atoms with Crippen LogP contribution in [0.15, 0.2) is 12.2 Å². The lowest BCUT2D eigenvalue weighted by atomic mass is 9.93. The van der Waals surface area contributed by atoms with Crippen LogP contribution in [0.5, 0.6) is 0 Å². The first kappa shape index (κ1) is 12.2. The van der Waals surface area contributed by atoms with E-state index in [2.05, 4.69) is 13.0 Å². The number of allylic oxidation sites excluding steroid dienone is 2. The summed E-state index contributed by atoms with van der Waals surface area (Å²) in [6.45, 7) is 4.49. The van der Waals surface area contributed by atoms with E-state index in [0.29, 0.717) is 12.5 Å². The molecule has 0 heterocycles. The molecular formula is C10H19NO2. The summed E-state index contributed by atoms with van der Waals surface area (Å²) in [7, 11) is 0. The molecule has 3 N–H and O–H groups in total. The zero-order valence-corrected chi connectivity index (χ0v) is 8.36. The van der Waals surface area contributed by atoms with Crippen molar-refractivity contribution < 1.29 is 9.90 Å². The minimum absolute atomic E-state index is 0.101. The SMILES string of the molecule is C/C=C\[C@@H](C)C[C@H](CN)CC(=O)O. The van der Waals surface area contributed by atoms with Crippen LogP contribution in [-0.2, 0) is 4.79 Å². The Morgan fingerprint density at radius 1 is 1.62 bits per heavy atom. The van der Waals surface area contributed by atoms with E-state index in [1.54, 1.807) is 0 Å². The van der Waals surface area contributed by atoms with Crippen LogP contribution in [0.3, 0.4) is 0 Å². The molecule has 3 heteroatoms. The van der Waals surface area contributed by atoms with Crippen LogP contribution < -0.4 is 5.73 Å². The number of carbonyl (C=O) groups is 1. The molecule has 0 aliphatic heterocycles. The highest BCUT2D eigenvalue weighted by Gasteiger charge is 2.13. The molecule has 0 aromatic carbocycles. The lowest BCUT2D eigenvalue weighted by Crippen LogP contribution is -2.19. The first-order valence-electron chi connectivity index (χ1n) is 4.64. The molecule has 0 spiro atoms. The lowest BCUT2D eigenvalue weighted by Gasteiger charge is -2.14. The van der Waals surface area contributed by atoms with Gasteiger partial charge in [0.1, 0.15) is 0 Å². The smallest absolute Gasteiger partial charge is 0.303 e. The van der Waals surface area contributed by atoms with Gasteiger partial charge in [0, 0.05) is 6.42 Å². The Morgan fingerprint density at radius 2 is 2.23 bits per heavy atom. The van der Waals surface area contributed by atoms with Gasteiger partial charge in [-0.25, -0.2) is 0 Å². The van der Waals surface area contributed by atoms with Crippen molar-refractivity contribution >= 4 is 5.97 Å². The van der Waals surface area contributed by atoms with E-state index in [0.717, 1.165) is 6.42 Å². The molecule has 0 bridgehead atoms. The van der Waals surface area contributed by atoms with Crippen LogP contribution in [0.25, 0.3) is 0 Å². The average molecular weight is 185 g/mol. The molecule has 76 valence electrons. The summed E-state index contributed by atoms with van der Waals surface area (Å²) in [5, 5.41) is 8.58. The van der Waals surface area contributed by atoms with Crippen molar-refractivity contribution in [3.05, 3.63) is 12.2 Å². The second-order valence-corrected chi connectivity index (χ2v) is 3.44. The van der Waals surface area contributed by atoms with Crippen molar-refractivity contribution in [3.8, 4) is 0 Å². The Hall–Kier alpha value is -0.830. The van der Waals surface area contributed by atoms with Crippen molar-refractivity contribution in [1.29, 1.82) is 0 Å². The predicted molar refractivity (Wildman–Crippen MR) is 53.4 cm³/mol. The van der Waals surface area contributed by atoms with Gasteiger partial charge in [-0.1, -0.05) is 19.1 Å². The van der Waals surface area contributed by atoms with E-state index < -0.39 is 5.97 Å². The zero-order valence-electron chi connectivity index (χ0n) is 8.36. The Labute approximate surface area is 79.6 Å². The van der Waals surface area contributed by atoms with E-state index in [4.69, 9.17) is 10.8 Å². The summed E-state index contributed by atoms with van der Waals surface area (Å²) in [6.07, 6.45) is 5.09. The number of rotatable bonds is 6. The van der Waals surface area contributed by atoms with Crippen LogP contribution in [0.4, 0.5) is 0 Å². The highest BCUT2D eigenvalue weighted by Crippen LogP contribution is 2.15. The van der Waals surface area contributed by atoms with E-state index in [9.17, 15) is 4.79 Å². The lowest BCUT2D eigenvalue weighted by molar-refractivity contribution is -0.138. The van der Waals surface area contributed by atoms with Crippen LogP contribution in [0, 0.1) is 11.8 Å². The summed E-state index contributed by atoms with van der Waals surface area (Å²) in [5.41, 5.74) is 5.48. The van der Waals surface area contributed by atoms with E-state index in [1.165, 1.54) is 0 Å². The second kappa shape index (κ2) is 6.66. The third-order valence-electron chi connectivity index (χ3n) is 2.02. The van der Waals surface area contributed by atoms with Crippen molar-refractivity contribution in [2.75, 3.05) is 6.54 Å². The Bertz CT molecular complexity index is 178. The molecule has 0 saturated carbocycles. The monoisotopic (exact) mass is 185 g/mol. The van der Waals surface area contributed by atoms with E-state index >= 15 is 0 Å². The molecule has 0 radical (unpaired) electrons. The summed E-state index contributed by atoms with van der Waals surface area (Å²) in [6, 6.07) is 0. The van der Waals surface area contributed by atoms with Gasteiger partial charge in [0.15, 0.2) is 0 Å². The maximum absolute atomic E-state index is 10.4. The first-order valence-corrected chi connectivity index (χ1v) is 4.64. The number of carboxylic acids is 1. The number of nitrogens with two attached hydrogens (primary N) is 1. The standard InChI is InChI=1S/C10H19NO2/c1-3-4-8(2)5-9(7-11)6-10(12)13/h3-4,8-9H,5-7,11H2,1-2H3,(H,12,13)/b4-3-/t8-,9+/m1/s1. The summed E-state index contributed by atoms with van der Waals surface area (Å²) in [5.74, 6) is -0.246. The first-order chi connectivity index (χ1) is 6.10. The summed E-state index contributed by atoms with van der Waals surface area (Å²) >= 11 is 0. The molecule has 0 amide bonds. The molecule has 13 heavy (non-hydrogen) atoms. The van der Waals surface area contributed by atoms with Crippen LogP contribution in [0.2, 0.25) is 0 Å². The molecular weight excluding hydrogens is 166 g/mol. The molecule has 0 rings (SSSR count). The van der Waals surface area contributed by atoms with Gasteiger partial charge in [-0.15, -0.1) is 0 Å². The molecule has 0 aromatic heterocycles. The summed E-state index contributed by atoms with van der Waals surface area (Å²) < 4.78 is 0. The molecule has 2 atom stereocenters. The third-order valence-corrected chi connectivity index (χ3v) is 2.02. The van der Waals surface area contributed by atoms with Gasteiger partial charge >= 0.3 is 5.97 Å². The van der Waals surface area contributed by atoms with Gasteiger partial charge < -0.3 is 10.8 Å². The molecule has 0 aliphatic rings. The van der Waals surface area contributed by atoms with Gasteiger partial charge in [-0.2, -0.15) is 0 Å². The van der Waals surface area contributed by atoms with Crippen molar-refractivity contribution in [1.82, 2.24) is 0 Å². The van der Waals surface area contributed by atoms with Gasteiger partial charge in [0.25, 0.3) is 0 Å². The van der Waals surface area contributed by atoms with E-state index in [-0.39, 0.29) is 12.3 Å². The highest BCUT2D eigenvalue weighted by molar-refractivity contribution is 5.67. The second-order valence-electron chi connectivity index (χ2n) is 3.44. The summed E-state index contributed by atoms with van der Waals surface area (Å²) in [4.78, 5) is 10.4. The van der Waals surface area contributed by atoms with Gasteiger partial charge in [0.2, 0.25) is 0 Å². The highest BCUT2D eigenvalue weighted by atomic mass is 16.4. The number of hydrogen-bond donors (Lipinski definition) is 2.